The molecule has 0 spiro atoms. The average Bonchev–Trinajstić information content (AvgIpc) is 3.31. The highest BCUT2D eigenvalue weighted by atomic mass is 19.4. The van der Waals surface area contributed by atoms with Gasteiger partial charge in [-0.05, 0) is 42.3 Å². The van der Waals surface area contributed by atoms with E-state index in [1.54, 1.807) is 30.7 Å². The van der Waals surface area contributed by atoms with Crippen LogP contribution in [0.1, 0.15) is 23.1 Å². The summed E-state index contributed by atoms with van der Waals surface area (Å²) < 4.78 is 38.1. The fourth-order valence-electron chi connectivity index (χ4n) is 4.65. The Morgan fingerprint density at radius 1 is 1.03 bits per heavy atom. The molecule has 0 bridgehead atoms. The SMILES string of the molecule is Cc1ccc(N2CC(N3CCN(c4ncccn4)CC3)CC2=O)cc1/C=C\Nc1ncc(C(F)(F)F)cn1. The summed E-state index contributed by atoms with van der Waals surface area (Å²) in [6.45, 7) is 5.86. The minimum absolute atomic E-state index is 0.0551. The van der Waals surface area contributed by atoms with Crippen LogP contribution >= 0.6 is 0 Å². The van der Waals surface area contributed by atoms with Crippen LogP contribution in [-0.2, 0) is 11.0 Å². The van der Waals surface area contributed by atoms with E-state index in [9.17, 15) is 18.0 Å². The predicted molar refractivity (Wildman–Crippen MR) is 137 cm³/mol. The second-order valence-corrected chi connectivity index (χ2v) is 9.25. The Morgan fingerprint density at radius 2 is 1.74 bits per heavy atom. The molecular formula is C26H27F3N8O. The van der Waals surface area contributed by atoms with E-state index >= 15 is 0 Å². The van der Waals surface area contributed by atoms with Gasteiger partial charge < -0.3 is 15.1 Å². The van der Waals surface area contributed by atoms with Gasteiger partial charge in [0.05, 0.1) is 5.56 Å². The maximum absolute atomic E-state index is 12.9. The molecule has 12 heteroatoms. The highest BCUT2D eigenvalue weighted by Gasteiger charge is 2.36. The van der Waals surface area contributed by atoms with Crippen LogP contribution in [0.2, 0.25) is 0 Å². The molecule has 0 aliphatic carbocycles. The standard InChI is InChI=1S/C26H27F3N8O/c1-18-3-4-21(13-19(18)5-8-30-24-33-15-20(16-34-24)26(27,28)29)37-17-22(14-23(37)38)35-9-11-36(12-10-35)25-31-6-2-7-32-25/h2-8,13,15-16,22H,9-12,14,17H2,1H3,(H,30,33,34)/b8-5-. The number of piperazine rings is 1. The van der Waals surface area contributed by atoms with Gasteiger partial charge in [0.1, 0.15) is 0 Å². The first kappa shape index (κ1) is 25.6. The fourth-order valence-corrected chi connectivity index (χ4v) is 4.65. The van der Waals surface area contributed by atoms with Gasteiger partial charge in [0.15, 0.2) is 0 Å². The van der Waals surface area contributed by atoms with Crippen LogP contribution in [0.4, 0.5) is 30.8 Å². The van der Waals surface area contributed by atoms with Crippen molar-refractivity contribution >= 4 is 29.6 Å². The minimum Gasteiger partial charge on any atom is -0.338 e. The number of anilines is 3. The summed E-state index contributed by atoms with van der Waals surface area (Å²) in [5, 5.41) is 2.79. The van der Waals surface area contributed by atoms with Crippen LogP contribution in [0, 0.1) is 6.92 Å². The van der Waals surface area contributed by atoms with Crippen LogP contribution in [-0.4, -0.2) is 69.5 Å². The topological polar surface area (TPSA) is 90.4 Å². The average molecular weight is 525 g/mol. The third-order valence-corrected chi connectivity index (χ3v) is 6.80. The zero-order valence-corrected chi connectivity index (χ0v) is 20.8. The van der Waals surface area contributed by atoms with Crippen molar-refractivity contribution in [1.29, 1.82) is 0 Å². The Balaban J connectivity index is 1.20. The molecule has 4 heterocycles. The summed E-state index contributed by atoms with van der Waals surface area (Å²) in [7, 11) is 0. The zero-order valence-electron chi connectivity index (χ0n) is 20.8. The minimum atomic E-state index is -4.48. The van der Waals surface area contributed by atoms with Crippen molar-refractivity contribution in [3.8, 4) is 0 Å². The number of nitrogens with one attached hydrogen (secondary N) is 1. The van der Waals surface area contributed by atoms with Crippen molar-refractivity contribution in [2.24, 2.45) is 0 Å². The van der Waals surface area contributed by atoms with E-state index < -0.39 is 11.7 Å². The molecule has 2 fully saturated rings. The van der Waals surface area contributed by atoms with Crippen LogP contribution in [0.5, 0.6) is 0 Å². The van der Waals surface area contributed by atoms with Gasteiger partial charge in [-0.15, -0.1) is 0 Å². The van der Waals surface area contributed by atoms with Gasteiger partial charge in [0, 0.05) is 81.9 Å². The molecule has 0 saturated carbocycles. The maximum Gasteiger partial charge on any atom is 0.419 e. The van der Waals surface area contributed by atoms with Gasteiger partial charge in [-0.25, -0.2) is 19.9 Å². The van der Waals surface area contributed by atoms with E-state index in [0.717, 1.165) is 61.3 Å². The van der Waals surface area contributed by atoms with Crippen molar-refractivity contribution in [1.82, 2.24) is 24.8 Å². The van der Waals surface area contributed by atoms with Crippen LogP contribution in [0.15, 0.2) is 55.3 Å². The summed E-state index contributed by atoms with van der Waals surface area (Å²) in [6.07, 6.45) is 4.29. The number of benzene rings is 1. The first-order valence-electron chi connectivity index (χ1n) is 12.3. The first-order valence-corrected chi connectivity index (χ1v) is 12.3. The molecule has 0 radical (unpaired) electrons. The molecule has 1 amide bonds. The lowest BCUT2D eigenvalue weighted by atomic mass is 10.1. The zero-order chi connectivity index (χ0) is 26.7. The van der Waals surface area contributed by atoms with Gasteiger partial charge in [-0.3, -0.25) is 9.69 Å². The van der Waals surface area contributed by atoms with Gasteiger partial charge in [-0.1, -0.05) is 6.07 Å². The molecule has 2 aliphatic heterocycles. The number of carbonyl (C=O) groups excluding carboxylic acids is 1. The summed E-state index contributed by atoms with van der Waals surface area (Å²) in [5.74, 6) is 0.870. The monoisotopic (exact) mass is 524 g/mol. The second kappa shape index (κ2) is 10.7. The number of amides is 1. The van der Waals surface area contributed by atoms with Gasteiger partial charge in [0.2, 0.25) is 17.8 Å². The number of halogens is 3. The fraction of sp³-hybridized carbons (Fsp3) is 0.346. The number of aromatic nitrogens is 4. The number of rotatable bonds is 6. The molecule has 198 valence electrons. The lowest BCUT2D eigenvalue weighted by Crippen LogP contribution is -2.51. The summed E-state index contributed by atoms with van der Waals surface area (Å²) in [4.78, 5) is 35.4. The molecular weight excluding hydrogens is 497 g/mol. The highest BCUT2D eigenvalue weighted by Crippen LogP contribution is 2.29. The van der Waals surface area contributed by atoms with E-state index in [-0.39, 0.29) is 17.9 Å². The van der Waals surface area contributed by atoms with Crippen molar-refractivity contribution in [3.05, 3.63) is 71.9 Å². The van der Waals surface area contributed by atoms with Gasteiger partial charge in [-0.2, -0.15) is 13.2 Å². The predicted octanol–water partition coefficient (Wildman–Crippen LogP) is 3.60. The number of aryl methyl sites for hydroxylation is 1. The van der Waals surface area contributed by atoms with E-state index in [4.69, 9.17) is 0 Å². The van der Waals surface area contributed by atoms with Crippen molar-refractivity contribution in [3.63, 3.8) is 0 Å². The molecule has 2 aromatic heterocycles. The Kier molecular flexibility index (Phi) is 7.23. The molecule has 3 aromatic rings. The first-order chi connectivity index (χ1) is 18.3. The smallest absolute Gasteiger partial charge is 0.338 e. The van der Waals surface area contributed by atoms with E-state index in [1.807, 2.05) is 30.0 Å². The molecule has 1 unspecified atom stereocenters. The van der Waals surface area contributed by atoms with Gasteiger partial charge in [0.25, 0.3) is 0 Å². The molecule has 2 aliphatic rings. The summed E-state index contributed by atoms with van der Waals surface area (Å²) in [5.41, 5.74) is 1.76. The Labute approximate surface area is 218 Å². The van der Waals surface area contributed by atoms with Crippen molar-refractivity contribution < 1.29 is 18.0 Å². The molecule has 1 aromatic carbocycles. The third-order valence-electron chi connectivity index (χ3n) is 6.80. The largest absolute Gasteiger partial charge is 0.419 e. The Morgan fingerprint density at radius 3 is 2.42 bits per heavy atom. The molecule has 2 saturated heterocycles. The normalized spacial score (nSPS) is 18.9. The molecule has 9 nitrogen and oxygen atoms in total. The van der Waals surface area contributed by atoms with E-state index in [0.29, 0.717) is 13.0 Å². The van der Waals surface area contributed by atoms with Crippen LogP contribution in [0.25, 0.3) is 6.08 Å². The third kappa shape index (κ3) is 5.75. The maximum atomic E-state index is 12.9. The van der Waals surface area contributed by atoms with E-state index in [2.05, 4.69) is 35.1 Å². The molecule has 38 heavy (non-hydrogen) atoms. The lowest BCUT2D eigenvalue weighted by Gasteiger charge is -2.37. The summed E-state index contributed by atoms with van der Waals surface area (Å²) in [6, 6.07) is 7.76. The van der Waals surface area contributed by atoms with Crippen LogP contribution in [0.3, 0.4) is 0 Å². The Bertz CT molecular complexity index is 1290. The number of alkyl halides is 3. The summed E-state index contributed by atoms with van der Waals surface area (Å²) >= 11 is 0. The number of carbonyl (C=O) groups is 1. The van der Waals surface area contributed by atoms with E-state index in [1.165, 1.54) is 0 Å². The van der Waals surface area contributed by atoms with Crippen LogP contribution < -0.4 is 15.1 Å². The lowest BCUT2D eigenvalue weighted by molar-refractivity contribution is -0.138. The van der Waals surface area contributed by atoms with Crippen molar-refractivity contribution in [2.75, 3.05) is 47.8 Å². The second-order valence-electron chi connectivity index (χ2n) is 9.25. The molecule has 5 rings (SSSR count). The quantitative estimate of drug-likeness (QED) is 0.523. The van der Waals surface area contributed by atoms with Gasteiger partial charge >= 0.3 is 6.18 Å². The highest BCUT2D eigenvalue weighted by molar-refractivity contribution is 5.96. The number of nitrogens with zero attached hydrogens (tertiary/aromatic N) is 7. The number of hydrogen-bond donors (Lipinski definition) is 1. The molecule has 1 N–H and O–H groups in total. The van der Waals surface area contributed by atoms with Crippen molar-refractivity contribution in [2.45, 2.75) is 25.6 Å². The molecule has 1 atom stereocenters. The Hall–Kier alpha value is -4.06. The number of hydrogen-bond acceptors (Lipinski definition) is 8.